The molecule has 2 amide bonds. The van der Waals surface area contributed by atoms with Gasteiger partial charge in [-0.1, -0.05) is 24.3 Å². The lowest BCUT2D eigenvalue weighted by Gasteiger charge is -2.40. The lowest BCUT2D eigenvalue weighted by molar-refractivity contribution is -0.138. The quantitative estimate of drug-likeness (QED) is 0.830. The van der Waals surface area contributed by atoms with Gasteiger partial charge in [0.1, 0.15) is 0 Å². The first-order valence-corrected chi connectivity index (χ1v) is 9.73. The molecule has 1 spiro atoms. The minimum Gasteiger partial charge on any atom is -0.342 e. The monoisotopic (exact) mass is 340 g/mol. The van der Waals surface area contributed by atoms with E-state index in [1.807, 2.05) is 4.90 Å². The number of amides is 2. The van der Waals surface area contributed by atoms with Gasteiger partial charge in [0.15, 0.2) is 0 Å². The highest BCUT2D eigenvalue weighted by atomic mass is 16.2. The summed E-state index contributed by atoms with van der Waals surface area (Å²) in [5, 5.41) is 0. The maximum absolute atomic E-state index is 13.0. The van der Waals surface area contributed by atoms with E-state index in [0.717, 1.165) is 58.3 Å². The summed E-state index contributed by atoms with van der Waals surface area (Å²) in [5.41, 5.74) is 2.89. The minimum absolute atomic E-state index is 0.128. The Morgan fingerprint density at radius 3 is 2.60 bits per heavy atom. The van der Waals surface area contributed by atoms with E-state index in [1.165, 1.54) is 11.1 Å². The van der Waals surface area contributed by atoms with Crippen LogP contribution in [0.1, 0.15) is 43.7 Å². The molecule has 134 valence electrons. The molecule has 2 heterocycles. The van der Waals surface area contributed by atoms with Crippen molar-refractivity contribution in [2.24, 2.45) is 11.3 Å². The highest BCUT2D eigenvalue weighted by Gasteiger charge is 2.45. The predicted octanol–water partition coefficient (Wildman–Crippen LogP) is 2.65. The van der Waals surface area contributed by atoms with Crippen LogP contribution in [0.2, 0.25) is 0 Å². The van der Waals surface area contributed by atoms with Gasteiger partial charge in [0, 0.05) is 43.9 Å². The number of carbonyl (C=O) groups is 2. The maximum Gasteiger partial charge on any atom is 0.226 e. The molecule has 1 unspecified atom stereocenters. The smallest absolute Gasteiger partial charge is 0.226 e. The van der Waals surface area contributed by atoms with Gasteiger partial charge in [-0.2, -0.15) is 0 Å². The Balaban J connectivity index is 1.37. The van der Waals surface area contributed by atoms with Gasteiger partial charge in [0.2, 0.25) is 11.8 Å². The number of aryl methyl sites for hydroxylation is 1. The molecular formula is C21H28N2O2. The van der Waals surface area contributed by atoms with Gasteiger partial charge in [-0.3, -0.25) is 9.59 Å². The summed E-state index contributed by atoms with van der Waals surface area (Å²) >= 11 is 0. The fraction of sp³-hybridized carbons (Fsp3) is 0.619. The maximum atomic E-state index is 13.0. The summed E-state index contributed by atoms with van der Waals surface area (Å²) < 4.78 is 0. The third-order valence-electron chi connectivity index (χ3n) is 6.62. The second-order valence-corrected chi connectivity index (χ2v) is 8.12. The van der Waals surface area contributed by atoms with Crippen molar-refractivity contribution in [1.82, 2.24) is 9.80 Å². The van der Waals surface area contributed by atoms with E-state index in [9.17, 15) is 9.59 Å². The largest absolute Gasteiger partial charge is 0.342 e. The van der Waals surface area contributed by atoms with E-state index in [4.69, 9.17) is 0 Å². The standard InChI is InChI=1S/C21H28N2O2/c1-2-22-15-21(14-19(22)24)9-11-23(12-10-21)20(25)18-8-7-16-5-3-4-6-17(16)13-18/h3-6,18H,2,7-15H2,1H3. The molecule has 2 fully saturated rings. The van der Waals surface area contributed by atoms with Crippen molar-refractivity contribution in [3.63, 3.8) is 0 Å². The molecule has 0 radical (unpaired) electrons. The third kappa shape index (κ3) is 3.07. The average molecular weight is 340 g/mol. The second-order valence-electron chi connectivity index (χ2n) is 8.12. The molecule has 1 atom stereocenters. The normalized spacial score (nSPS) is 25.3. The number of benzene rings is 1. The molecule has 2 aliphatic heterocycles. The van der Waals surface area contributed by atoms with Crippen molar-refractivity contribution in [2.45, 2.75) is 45.4 Å². The van der Waals surface area contributed by atoms with Crippen LogP contribution in [0.5, 0.6) is 0 Å². The van der Waals surface area contributed by atoms with Crippen LogP contribution in [0.25, 0.3) is 0 Å². The van der Waals surface area contributed by atoms with Gasteiger partial charge < -0.3 is 9.80 Å². The number of rotatable bonds is 2. The lowest BCUT2D eigenvalue weighted by Crippen LogP contribution is -2.47. The molecule has 1 aliphatic carbocycles. The fourth-order valence-corrected chi connectivity index (χ4v) is 4.97. The summed E-state index contributed by atoms with van der Waals surface area (Å²) in [6.07, 6.45) is 5.51. The van der Waals surface area contributed by atoms with E-state index >= 15 is 0 Å². The van der Waals surface area contributed by atoms with Gasteiger partial charge in [-0.05, 0) is 50.2 Å². The number of carbonyl (C=O) groups excluding carboxylic acids is 2. The van der Waals surface area contributed by atoms with Crippen molar-refractivity contribution in [1.29, 1.82) is 0 Å². The van der Waals surface area contributed by atoms with Gasteiger partial charge in [-0.25, -0.2) is 0 Å². The van der Waals surface area contributed by atoms with E-state index in [1.54, 1.807) is 0 Å². The van der Waals surface area contributed by atoms with Gasteiger partial charge in [0.05, 0.1) is 0 Å². The summed E-state index contributed by atoms with van der Waals surface area (Å²) in [6.45, 7) is 5.39. The van der Waals surface area contributed by atoms with Crippen LogP contribution in [0.3, 0.4) is 0 Å². The molecule has 0 N–H and O–H groups in total. The summed E-state index contributed by atoms with van der Waals surface area (Å²) in [4.78, 5) is 29.2. The molecule has 0 saturated carbocycles. The number of fused-ring (bicyclic) bond motifs is 1. The van der Waals surface area contributed by atoms with Crippen molar-refractivity contribution in [2.75, 3.05) is 26.2 Å². The van der Waals surface area contributed by atoms with Crippen molar-refractivity contribution in [3.8, 4) is 0 Å². The SMILES string of the molecule is CCN1CC2(CCN(C(=O)C3CCc4ccccc4C3)CC2)CC1=O. The molecule has 4 heteroatoms. The summed E-state index contributed by atoms with van der Waals surface area (Å²) in [6, 6.07) is 8.53. The van der Waals surface area contributed by atoms with E-state index in [-0.39, 0.29) is 11.3 Å². The lowest BCUT2D eigenvalue weighted by atomic mass is 9.77. The molecule has 4 rings (SSSR count). The number of hydrogen-bond acceptors (Lipinski definition) is 2. The number of piperidine rings is 1. The Bertz CT molecular complexity index is 676. The van der Waals surface area contributed by atoms with Crippen LogP contribution < -0.4 is 0 Å². The average Bonchev–Trinajstić information content (AvgIpc) is 2.96. The Labute approximate surface area is 150 Å². The van der Waals surface area contributed by atoms with E-state index in [0.29, 0.717) is 18.2 Å². The molecule has 1 aromatic carbocycles. The van der Waals surface area contributed by atoms with Crippen LogP contribution in [-0.2, 0) is 22.4 Å². The molecule has 2 saturated heterocycles. The van der Waals surface area contributed by atoms with Crippen LogP contribution in [0.4, 0.5) is 0 Å². The number of hydrogen-bond donors (Lipinski definition) is 0. The molecule has 3 aliphatic rings. The highest BCUT2D eigenvalue weighted by Crippen LogP contribution is 2.41. The topological polar surface area (TPSA) is 40.6 Å². The van der Waals surface area contributed by atoms with Gasteiger partial charge >= 0.3 is 0 Å². The molecule has 0 aromatic heterocycles. The number of nitrogens with zero attached hydrogens (tertiary/aromatic N) is 2. The second kappa shape index (κ2) is 6.47. The van der Waals surface area contributed by atoms with Gasteiger partial charge in [0.25, 0.3) is 0 Å². The molecule has 4 nitrogen and oxygen atoms in total. The van der Waals surface area contributed by atoms with Crippen LogP contribution in [-0.4, -0.2) is 47.8 Å². The summed E-state index contributed by atoms with van der Waals surface area (Å²) in [5.74, 6) is 0.772. The van der Waals surface area contributed by atoms with Crippen LogP contribution >= 0.6 is 0 Å². The fourth-order valence-electron chi connectivity index (χ4n) is 4.97. The number of likely N-dealkylation sites (tertiary alicyclic amines) is 2. The third-order valence-corrected chi connectivity index (χ3v) is 6.62. The van der Waals surface area contributed by atoms with Crippen molar-refractivity contribution < 1.29 is 9.59 Å². The molecular weight excluding hydrogens is 312 g/mol. The zero-order valence-corrected chi connectivity index (χ0v) is 15.2. The first-order valence-electron chi connectivity index (χ1n) is 9.73. The van der Waals surface area contributed by atoms with E-state index < -0.39 is 0 Å². The van der Waals surface area contributed by atoms with Crippen molar-refractivity contribution in [3.05, 3.63) is 35.4 Å². The first-order chi connectivity index (χ1) is 12.1. The van der Waals surface area contributed by atoms with Crippen molar-refractivity contribution >= 4 is 11.8 Å². The first kappa shape index (κ1) is 16.6. The Kier molecular flexibility index (Phi) is 4.30. The molecule has 1 aromatic rings. The molecule has 0 bridgehead atoms. The molecule has 25 heavy (non-hydrogen) atoms. The zero-order chi connectivity index (χ0) is 17.4. The van der Waals surface area contributed by atoms with Gasteiger partial charge in [-0.15, -0.1) is 0 Å². The van der Waals surface area contributed by atoms with Crippen LogP contribution in [0, 0.1) is 11.3 Å². The highest BCUT2D eigenvalue weighted by molar-refractivity contribution is 5.81. The summed E-state index contributed by atoms with van der Waals surface area (Å²) in [7, 11) is 0. The Morgan fingerprint density at radius 2 is 1.92 bits per heavy atom. The Hall–Kier alpha value is -1.84. The van der Waals surface area contributed by atoms with E-state index in [2.05, 4.69) is 36.1 Å². The van der Waals surface area contributed by atoms with Crippen LogP contribution in [0.15, 0.2) is 24.3 Å². The minimum atomic E-state index is 0.128. The zero-order valence-electron chi connectivity index (χ0n) is 15.2. The Morgan fingerprint density at radius 1 is 1.20 bits per heavy atom. The predicted molar refractivity (Wildman–Crippen MR) is 97.1 cm³/mol.